The van der Waals surface area contributed by atoms with Gasteiger partial charge in [0.1, 0.15) is 11.4 Å². The number of hydrogen-bond acceptors (Lipinski definition) is 4. The molecule has 1 aliphatic carbocycles. The number of benzene rings is 2. The molecule has 0 N–H and O–H groups in total. The number of rotatable bonds is 7. The third kappa shape index (κ3) is 3.98. The Balaban J connectivity index is 1.27. The van der Waals surface area contributed by atoms with Crippen LogP contribution in [0.4, 0.5) is 4.39 Å². The molecule has 1 aliphatic rings. The van der Waals surface area contributed by atoms with Crippen LogP contribution >= 0.6 is 0 Å². The average Bonchev–Trinajstić information content (AvgIpc) is 3.30. The number of ketones is 1. The van der Waals surface area contributed by atoms with Gasteiger partial charge in [-0.1, -0.05) is 0 Å². The van der Waals surface area contributed by atoms with E-state index >= 15 is 0 Å². The molecule has 144 valence electrons. The standard InChI is InChI=1S/C23H21FO4/c24-19-8-6-15(7-9-19)21(25)5-2-10-27-23(26)13-18-14-28-22-12-17-4-1-3-16(17)11-20(18)22/h6-9,11-12,14H,1-5,10,13H2. The van der Waals surface area contributed by atoms with E-state index in [4.69, 9.17) is 9.15 Å². The van der Waals surface area contributed by atoms with Crippen LogP contribution < -0.4 is 0 Å². The van der Waals surface area contributed by atoms with Crippen molar-refractivity contribution in [1.82, 2.24) is 0 Å². The second kappa shape index (κ2) is 7.97. The van der Waals surface area contributed by atoms with Gasteiger partial charge in [0.2, 0.25) is 0 Å². The Bertz CT molecular complexity index is 1020. The highest BCUT2D eigenvalue weighted by Gasteiger charge is 2.17. The van der Waals surface area contributed by atoms with Crippen molar-refractivity contribution in [3.8, 4) is 0 Å². The molecule has 0 fully saturated rings. The van der Waals surface area contributed by atoms with Crippen molar-refractivity contribution in [3.63, 3.8) is 0 Å². The number of furan rings is 1. The van der Waals surface area contributed by atoms with Crippen molar-refractivity contribution in [3.05, 3.63) is 70.7 Å². The third-order valence-corrected chi connectivity index (χ3v) is 5.18. The molecule has 28 heavy (non-hydrogen) atoms. The maximum Gasteiger partial charge on any atom is 0.310 e. The lowest BCUT2D eigenvalue weighted by molar-refractivity contribution is -0.142. The highest BCUT2D eigenvalue weighted by molar-refractivity contribution is 5.96. The van der Waals surface area contributed by atoms with E-state index in [-0.39, 0.29) is 37.0 Å². The summed E-state index contributed by atoms with van der Waals surface area (Å²) < 4.78 is 23.8. The Morgan fingerprint density at radius 3 is 2.61 bits per heavy atom. The zero-order chi connectivity index (χ0) is 19.5. The van der Waals surface area contributed by atoms with E-state index in [1.807, 2.05) is 0 Å². The van der Waals surface area contributed by atoms with Crippen LogP contribution in [-0.4, -0.2) is 18.4 Å². The number of hydrogen-bond donors (Lipinski definition) is 0. The monoisotopic (exact) mass is 380 g/mol. The molecule has 4 nitrogen and oxygen atoms in total. The van der Waals surface area contributed by atoms with Crippen molar-refractivity contribution >= 4 is 22.7 Å². The minimum Gasteiger partial charge on any atom is -0.465 e. The summed E-state index contributed by atoms with van der Waals surface area (Å²) in [6.07, 6.45) is 5.77. The summed E-state index contributed by atoms with van der Waals surface area (Å²) in [6, 6.07) is 9.66. The summed E-state index contributed by atoms with van der Waals surface area (Å²) in [7, 11) is 0. The summed E-state index contributed by atoms with van der Waals surface area (Å²) >= 11 is 0. The van der Waals surface area contributed by atoms with Gasteiger partial charge in [0, 0.05) is 22.9 Å². The third-order valence-electron chi connectivity index (χ3n) is 5.18. The second-order valence-corrected chi connectivity index (χ2v) is 7.16. The van der Waals surface area contributed by atoms with E-state index in [9.17, 15) is 14.0 Å². The van der Waals surface area contributed by atoms with Gasteiger partial charge in [-0.05, 0) is 73.2 Å². The number of halogens is 1. The highest BCUT2D eigenvalue weighted by Crippen LogP contribution is 2.30. The van der Waals surface area contributed by atoms with Crippen molar-refractivity contribution in [2.75, 3.05) is 6.61 Å². The lowest BCUT2D eigenvalue weighted by Gasteiger charge is -2.05. The molecule has 0 radical (unpaired) electrons. The molecule has 0 saturated heterocycles. The van der Waals surface area contributed by atoms with E-state index in [2.05, 4.69) is 12.1 Å². The number of carbonyl (C=O) groups is 2. The normalized spacial score (nSPS) is 12.9. The second-order valence-electron chi connectivity index (χ2n) is 7.16. The first-order chi connectivity index (χ1) is 13.6. The molecule has 0 bridgehead atoms. The van der Waals surface area contributed by atoms with Gasteiger partial charge in [-0.15, -0.1) is 0 Å². The van der Waals surface area contributed by atoms with Crippen molar-refractivity contribution < 1.29 is 23.1 Å². The van der Waals surface area contributed by atoms with Gasteiger partial charge >= 0.3 is 5.97 Å². The van der Waals surface area contributed by atoms with Gasteiger partial charge in [0.25, 0.3) is 0 Å². The number of aryl methyl sites for hydroxylation is 2. The SMILES string of the molecule is O=C(Cc1coc2cc3c(cc12)CCC3)OCCCC(=O)c1ccc(F)cc1. The summed E-state index contributed by atoms with van der Waals surface area (Å²) in [5.74, 6) is -0.801. The number of Topliss-reactive ketones (excluding diaryl/α,β-unsaturated/α-hetero) is 1. The summed E-state index contributed by atoms with van der Waals surface area (Å²) in [5, 5.41) is 0.976. The molecular formula is C23H21FO4. The maximum absolute atomic E-state index is 12.9. The van der Waals surface area contributed by atoms with Crippen LogP contribution in [0.15, 0.2) is 47.1 Å². The van der Waals surface area contributed by atoms with Crippen LogP contribution in [0.1, 0.15) is 46.3 Å². The molecular weight excluding hydrogens is 359 g/mol. The maximum atomic E-state index is 12.9. The number of esters is 1. The molecule has 0 spiro atoms. The van der Waals surface area contributed by atoms with Crippen LogP contribution in [0.25, 0.3) is 11.0 Å². The molecule has 2 aromatic carbocycles. The molecule has 1 aromatic heterocycles. The average molecular weight is 380 g/mol. The zero-order valence-corrected chi connectivity index (χ0v) is 15.5. The van der Waals surface area contributed by atoms with Crippen molar-refractivity contribution in [2.24, 2.45) is 0 Å². The molecule has 1 heterocycles. The van der Waals surface area contributed by atoms with E-state index in [0.29, 0.717) is 12.0 Å². The Hall–Kier alpha value is -2.95. The summed E-state index contributed by atoms with van der Waals surface area (Å²) in [5.41, 5.74) is 4.78. The fourth-order valence-corrected chi connectivity index (χ4v) is 3.69. The summed E-state index contributed by atoms with van der Waals surface area (Å²) in [6.45, 7) is 0.178. The van der Waals surface area contributed by atoms with E-state index in [1.165, 1.54) is 35.4 Å². The molecule has 3 aromatic rings. The van der Waals surface area contributed by atoms with Gasteiger partial charge in [-0.25, -0.2) is 4.39 Å². The van der Waals surface area contributed by atoms with Gasteiger partial charge < -0.3 is 9.15 Å². The Morgan fingerprint density at radius 2 is 1.82 bits per heavy atom. The van der Waals surface area contributed by atoms with Gasteiger partial charge in [-0.2, -0.15) is 0 Å². The quantitative estimate of drug-likeness (QED) is 0.335. The first kappa shape index (κ1) is 18.4. The molecule has 0 amide bonds. The number of carbonyl (C=O) groups excluding carboxylic acids is 2. The lowest BCUT2D eigenvalue weighted by atomic mass is 10.0. The molecule has 0 atom stereocenters. The molecule has 0 saturated carbocycles. The smallest absolute Gasteiger partial charge is 0.310 e. The first-order valence-electron chi connectivity index (χ1n) is 9.56. The number of fused-ring (bicyclic) bond motifs is 2. The van der Waals surface area contributed by atoms with Gasteiger partial charge in [-0.3, -0.25) is 9.59 Å². The molecule has 4 rings (SSSR count). The van der Waals surface area contributed by atoms with Crippen LogP contribution in [0, 0.1) is 5.82 Å². The molecule has 0 aliphatic heterocycles. The molecule has 0 unspecified atom stereocenters. The van der Waals surface area contributed by atoms with E-state index in [1.54, 1.807) is 6.26 Å². The predicted molar refractivity (Wildman–Crippen MR) is 103 cm³/mol. The minimum absolute atomic E-state index is 0.0919. The zero-order valence-electron chi connectivity index (χ0n) is 15.5. The fourth-order valence-electron chi connectivity index (χ4n) is 3.69. The van der Waals surface area contributed by atoms with Crippen molar-refractivity contribution in [2.45, 2.75) is 38.5 Å². The Kier molecular flexibility index (Phi) is 5.24. The van der Waals surface area contributed by atoms with Crippen LogP contribution in [0.2, 0.25) is 0 Å². The van der Waals surface area contributed by atoms with Crippen LogP contribution in [0.5, 0.6) is 0 Å². The number of ether oxygens (including phenoxy) is 1. The largest absolute Gasteiger partial charge is 0.465 e. The van der Waals surface area contributed by atoms with Crippen molar-refractivity contribution in [1.29, 1.82) is 0 Å². The topological polar surface area (TPSA) is 56.5 Å². The first-order valence-corrected chi connectivity index (χ1v) is 9.56. The predicted octanol–water partition coefficient (Wildman–Crippen LogP) is 4.81. The van der Waals surface area contributed by atoms with Crippen LogP contribution in [0.3, 0.4) is 0 Å². The fraction of sp³-hybridized carbons (Fsp3) is 0.304. The minimum atomic E-state index is -0.373. The molecule has 5 heteroatoms. The summed E-state index contributed by atoms with van der Waals surface area (Å²) in [4.78, 5) is 24.2. The lowest BCUT2D eigenvalue weighted by Crippen LogP contribution is -2.10. The van der Waals surface area contributed by atoms with Gasteiger partial charge in [0.15, 0.2) is 5.78 Å². The Labute approximate surface area is 162 Å². The van der Waals surface area contributed by atoms with E-state index < -0.39 is 0 Å². The van der Waals surface area contributed by atoms with Gasteiger partial charge in [0.05, 0.1) is 19.3 Å². The van der Waals surface area contributed by atoms with E-state index in [0.717, 1.165) is 35.8 Å². The van der Waals surface area contributed by atoms with Crippen LogP contribution in [-0.2, 0) is 28.8 Å². The Morgan fingerprint density at radius 1 is 1.07 bits per heavy atom. The highest BCUT2D eigenvalue weighted by atomic mass is 19.1.